The predicted molar refractivity (Wildman–Crippen MR) is 136 cm³/mol. The third-order valence-corrected chi connectivity index (χ3v) is 6.28. The fraction of sp³-hybridized carbons (Fsp3) is 0.286. The van der Waals surface area contributed by atoms with Crippen LogP contribution in [0.25, 0.3) is 5.76 Å². The van der Waals surface area contributed by atoms with Crippen molar-refractivity contribution in [2.45, 2.75) is 40.3 Å². The summed E-state index contributed by atoms with van der Waals surface area (Å²) < 4.78 is 10.7. The molecule has 1 saturated heterocycles. The van der Waals surface area contributed by atoms with E-state index in [0.717, 1.165) is 5.56 Å². The van der Waals surface area contributed by atoms with Gasteiger partial charge in [0.1, 0.15) is 17.2 Å². The Bertz CT molecular complexity index is 1360. The van der Waals surface area contributed by atoms with Crippen molar-refractivity contribution in [3.8, 4) is 5.75 Å². The number of aromatic nitrogens is 2. The van der Waals surface area contributed by atoms with Crippen LogP contribution in [0.1, 0.15) is 58.3 Å². The number of aryl methyl sites for hydroxylation is 1. The molecule has 9 nitrogen and oxygen atoms in total. The van der Waals surface area contributed by atoms with E-state index < -0.39 is 23.7 Å². The first kappa shape index (κ1) is 25.7. The molecule has 0 saturated carbocycles. The highest BCUT2D eigenvalue weighted by molar-refractivity contribution is 6.46. The van der Waals surface area contributed by atoms with Gasteiger partial charge in [0.05, 0.1) is 24.8 Å². The predicted octanol–water partition coefficient (Wildman–Crippen LogP) is 4.22. The fourth-order valence-corrected chi connectivity index (χ4v) is 4.64. The maximum Gasteiger partial charge on any atom is 0.355 e. The number of hydrogen-bond donors (Lipinski definition) is 2. The molecule has 1 aromatic carbocycles. The highest BCUT2D eigenvalue weighted by atomic mass is 16.5. The molecule has 0 aliphatic carbocycles. The summed E-state index contributed by atoms with van der Waals surface area (Å²) >= 11 is 0. The van der Waals surface area contributed by atoms with Crippen molar-refractivity contribution in [3.63, 3.8) is 0 Å². The number of amides is 1. The number of esters is 1. The molecular weight excluding hydrogens is 474 g/mol. The summed E-state index contributed by atoms with van der Waals surface area (Å²) in [5, 5.41) is 11.5. The van der Waals surface area contributed by atoms with Gasteiger partial charge in [-0.15, -0.1) is 0 Å². The molecule has 1 amide bonds. The summed E-state index contributed by atoms with van der Waals surface area (Å²) in [5.74, 6) is -1.82. The Morgan fingerprint density at radius 3 is 2.46 bits per heavy atom. The van der Waals surface area contributed by atoms with Gasteiger partial charge in [0.2, 0.25) is 0 Å². The maximum atomic E-state index is 13.4. The number of ether oxygens (including phenoxy) is 2. The number of carbonyl (C=O) groups excluding carboxylic acids is 3. The van der Waals surface area contributed by atoms with Crippen molar-refractivity contribution < 1.29 is 29.0 Å². The number of hydrogen-bond acceptors (Lipinski definition) is 7. The van der Waals surface area contributed by atoms with Crippen molar-refractivity contribution >= 4 is 23.4 Å². The Hall–Kier alpha value is -4.40. The minimum absolute atomic E-state index is 0.0568. The lowest BCUT2D eigenvalue weighted by Gasteiger charge is -2.25. The van der Waals surface area contributed by atoms with E-state index in [4.69, 9.17) is 9.47 Å². The molecule has 192 valence electrons. The van der Waals surface area contributed by atoms with E-state index in [2.05, 4.69) is 9.97 Å². The zero-order valence-corrected chi connectivity index (χ0v) is 21.2. The van der Waals surface area contributed by atoms with E-state index >= 15 is 0 Å². The van der Waals surface area contributed by atoms with Crippen molar-refractivity contribution in [3.05, 3.63) is 88.0 Å². The molecular formula is C28H29N3O6. The quantitative estimate of drug-likeness (QED) is 0.204. The van der Waals surface area contributed by atoms with Gasteiger partial charge in [0, 0.05) is 30.2 Å². The van der Waals surface area contributed by atoms with Gasteiger partial charge in [-0.05, 0) is 62.6 Å². The number of Topliss-reactive ketones (excluding diaryl/α,β-unsaturated/α-hetero) is 1. The van der Waals surface area contributed by atoms with Crippen LogP contribution in [0.5, 0.6) is 5.75 Å². The lowest BCUT2D eigenvalue weighted by atomic mass is 9.94. The molecule has 3 heterocycles. The Balaban J connectivity index is 1.87. The number of nitrogens with one attached hydrogen (secondary N) is 1. The summed E-state index contributed by atoms with van der Waals surface area (Å²) in [5.41, 5.74) is 2.68. The summed E-state index contributed by atoms with van der Waals surface area (Å²) in [7, 11) is 0. The number of H-pyrrole nitrogens is 1. The SMILES string of the molecule is CCOC(=O)c1[nH]c(C)c(/C(O)=C2\C(=O)C(=O)N(Cc3cccnc3)[C@@H]2c2ccc(OCC)cc2)c1C. The Morgan fingerprint density at radius 1 is 1.11 bits per heavy atom. The van der Waals surface area contributed by atoms with E-state index in [-0.39, 0.29) is 30.2 Å². The van der Waals surface area contributed by atoms with Crippen molar-refractivity contribution in [2.75, 3.05) is 13.2 Å². The van der Waals surface area contributed by atoms with E-state index in [1.165, 1.54) is 4.90 Å². The molecule has 0 radical (unpaired) electrons. The minimum atomic E-state index is -0.865. The van der Waals surface area contributed by atoms with E-state index in [1.807, 2.05) is 13.0 Å². The smallest absolute Gasteiger partial charge is 0.355 e. The molecule has 2 N–H and O–H groups in total. The van der Waals surface area contributed by atoms with Crippen LogP contribution in [-0.4, -0.2) is 50.8 Å². The van der Waals surface area contributed by atoms with Crippen LogP contribution >= 0.6 is 0 Å². The lowest BCUT2D eigenvalue weighted by Crippen LogP contribution is -2.29. The van der Waals surface area contributed by atoms with Crippen LogP contribution < -0.4 is 4.74 Å². The first-order valence-electron chi connectivity index (χ1n) is 12.0. The first-order valence-corrected chi connectivity index (χ1v) is 12.0. The van der Waals surface area contributed by atoms with E-state index in [9.17, 15) is 19.5 Å². The van der Waals surface area contributed by atoms with Gasteiger partial charge in [-0.1, -0.05) is 18.2 Å². The van der Waals surface area contributed by atoms with Gasteiger partial charge < -0.3 is 24.5 Å². The highest BCUT2D eigenvalue weighted by Crippen LogP contribution is 2.42. The standard InChI is InChI=1S/C28H29N3O6/c1-5-36-20-11-9-19(10-12-20)24-22(26(33)27(34)31(24)15-18-8-7-13-29-14-18)25(32)21-16(3)23(30-17(21)4)28(35)37-6-2/h7-14,24,30,32H,5-6,15H2,1-4H3/b25-22+/t24-/m1/s1. The summed E-state index contributed by atoms with van der Waals surface area (Å²) in [6.45, 7) is 7.72. The summed E-state index contributed by atoms with van der Waals surface area (Å²) in [4.78, 5) is 47.6. The monoisotopic (exact) mass is 503 g/mol. The largest absolute Gasteiger partial charge is 0.507 e. The van der Waals surface area contributed by atoms with Gasteiger partial charge in [0.15, 0.2) is 0 Å². The first-order chi connectivity index (χ1) is 17.8. The average Bonchev–Trinajstić information content (AvgIpc) is 3.32. The van der Waals surface area contributed by atoms with Crippen LogP contribution in [0, 0.1) is 13.8 Å². The number of ketones is 1. The van der Waals surface area contributed by atoms with Crippen LogP contribution in [0.15, 0.2) is 54.4 Å². The number of rotatable bonds is 8. The normalized spacial score (nSPS) is 16.8. The van der Waals surface area contributed by atoms with Gasteiger partial charge in [-0.25, -0.2) is 4.79 Å². The molecule has 9 heteroatoms. The second-order valence-electron chi connectivity index (χ2n) is 8.64. The van der Waals surface area contributed by atoms with Gasteiger partial charge in [-0.2, -0.15) is 0 Å². The topological polar surface area (TPSA) is 122 Å². The van der Waals surface area contributed by atoms with Crippen molar-refractivity contribution in [1.82, 2.24) is 14.9 Å². The van der Waals surface area contributed by atoms with Crippen molar-refractivity contribution in [1.29, 1.82) is 0 Å². The Kier molecular flexibility index (Phi) is 7.42. The Morgan fingerprint density at radius 2 is 1.84 bits per heavy atom. The van der Waals surface area contributed by atoms with Gasteiger partial charge in [0.25, 0.3) is 11.7 Å². The molecule has 1 fully saturated rings. The van der Waals surface area contributed by atoms with Gasteiger partial charge >= 0.3 is 5.97 Å². The van der Waals surface area contributed by atoms with Crippen LogP contribution in [0.2, 0.25) is 0 Å². The molecule has 2 aromatic heterocycles. The number of aliphatic hydroxyl groups excluding tert-OH is 1. The number of benzene rings is 1. The van der Waals surface area contributed by atoms with Crippen molar-refractivity contribution in [2.24, 2.45) is 0 Å². The number of nitrogens with zero attached hydrogens (tertiary/aromatic N) is 2. The third kappa shape index (κ3) is 4.84. The number of carbonyl (C=O) groups is 3. The minimum Gasteiger partial charge on any atom is -0.507 e. The lowest BCUT2D eigenvalue weighted by molar-refractivity contribution is -0.140. The van der Waals surface area contributed by atoms with Gasteiger partial charge in [-0.3, -0.25) is 14.6 Å². The molecule has 4 rings (SSSR count). The maximum absolute atomic E-state index is 13.4. The molecule has 0 bridgehead atoms. The number of aliphatic hydroxyl groups is 1. The number of pyridine rings is 1. The molecule has 0 unspecified atom stereocenters. The van der Waals surface area contributed by atoms with Crippen LogP contribution in [0.4, 0.5) is 0 Å². The highest BCUT2D eigenvalue weighted by Gasteiger charge is 2.46. The Labute approximate surface area is 214 Å². The molecule has 3 aromatic rings. The fourth-order valence-electron chi connectivity index (χ4n) is 4.64. The molecule has 1 aliphatic heterocycles. The number of likely N-dealkylation sites (tertiary alicyclic amines) is 1. The average molecular weight is 504 g/mol. The third-order valence-electron chi connectivity index (χ3n) is 6.28. The second-order valence-corrected chi connectivity index (χ2v) is 8.64. The van der Waals surface area contributed by atoms with Crippen LogP contribution in [-0.2, 0) is 20.9 Å². The van der Waals surface area contributed by atoms with E-state index in [1.54, 1.807) is 63.5 Å². The summed E-state index contributed by atoms with van der Waals surface area (Å²) in [6, 6.07) is 9.76. The van der Waals surface area contributed by atoms with Crippen LogP contribution in [0.3, 0.4) is 0 Å². The van der Waals surface area contributed by atoms with E-state index in [0.29, 0.717) is 34.7 Å². The molecule has 0 spiro atoms. The molecule has 1 atom stereocenters. The zero-order valence-electron chi connectivity index (χ0n) is 21.2. The zero-order chi connectivity index (χ0) is 26.7. The second kappa shape index (κ2) is 10.7. The molecule has 37 heavy (non-hydrogen) atoms. The molecule has 1 aliphatic rings. The summed E-state index contributed by atoms with van der Waals surface area (Å²) in [6.07, 6.45) is 3.25. The number of aromatic amines is 1.